The maximum absolute atomic E-state index is 3.80. The summed E-state index contributed by atoms with van der Waals surface area (Å²) < 4.78 is 0. The molecule has 2 nitrogen and oxygen atoms in total. The van der Waals surface area contributed by atoms with Crippen LogP contribution in [0.4, 0.5) is 0 Å². The minimum absolute atomic E-state index is 0.810. The molecule has 15 heavy (non-hydrogen) atoms. The van der Waals surface area contributed by atoms with Crippen molar-refractivity contribution in [2.24, 2.45) is 5.92 Å². The fourth-order valence-electron chi connectivity index (χ4n) is 2.97. The van der Waals surface area contributed by atoms with Crippen molar-refractivity contribution in [3.63, 3.8) is 0 Å². The summed E-state index contributed by atoms with van der Waals surface area (Å²) in [6.45, 7) is 8.39. The Morgan fingerprint density at radius 1 is 1.27 bits per heavy atom. The molecule has 0 aromatic carbocycles. The molecule has 0 spiro atoms. The highest BCUT2D eigenvalue weighted by Gasteiger charge is 2.31. The standard InChI is InChI=1S/C13H26N2/c1-3-13(11-7-8-11)14-10-12-6-5-9-15(12)4-2/h11-14H,3-10H2,1-2H3. The van der Waals surface area contributed by atoms with Crippen LogP contribution >= 0.6 is 0 Å². The van der Waals surface area contributed by atoms with E-state index in [9.17, 15) is 0 Å². The molecule has 1 saturated carbocycles. The van der Waals surface area contributed by atoms with Gasteiger partial charge in [0.1, 0.15) is 0 Å². The fourth-order valence-corrected chi connectivity index (χ4v) is 2.97. The zero-order valence-corrected chi connectivity index (χ0v) is 10.3. The molecule has 2 atom stereocenters. The van der Waals surface area contributed by atoms with Crippen LogP contribution < -0.4 is 5.32 Å². The van der Waals surface area contributed by atoms with Gasteiger partial charge in [0, 0.05) is 18.6 Å². The van der Waals surface area contributed by atoms with Crippen molar-refractivity contribution in [2.75, 3.05) is 19.6 Å². The number of likely N-dealkylation sites (tertiary alicyclic amines) is 1. The molecule has 1 aliphatic carbocycles. The molecule has 1 aliphatic heterocycles. The molecule has 1 saturated heterocycles. The van der Waals surface area contributed by atoms with Crippen LogP contribution in [0.2, 0.25) is 0 Å². The van der Waals surface area contributed by atoms with Crippen molar-refractivity contribution in [3.8, 4) is 0 Å². The molecule has 0 aromatic rings. The van der Waals surface area contributed by atoms with E-state index in [2.05, 4.69) is 24.1 Å². The van der Waals surface area contributed by atoms with Gasteiger partial charge < -0.3 is 5.32 Å². The maximum atomic E-state index is 3.80. The normalized spacial score (nSPS) is 29.6. The minimum atomic E-state index is 0.810. The highest BCUT2D eigenvalue weighted by Crippen LogP contribution is 2.34. The predicted molar refractivity (Wildman–Crippen MR) is 65.1 cm³/mol. The van der Waals surface area contributed by atoms with E-state index in [1.807, 2.05) is 0 Å². The van der Waals surface area contributed by atoms with Crippen molar-refractivity contribution in [1.29, 1.82) is 0 Å². The number of hydrogen-bond acceptors (Lipinski definition) is 2. The Labute approximate surface area is 94.4 Å². The van der Waals surface area contributed by atoms with Crippen LogP contribution in [-0.2, 0) is 0 Å². The topological polar surface area (TPSA) is 15.3 Å². The Kier molecular flexibility index (Phi) is 4.04. The highest BCUT2D eigenvalue weighted by atomic mass is 15.2. The van der Waals surface area contributed by atoms with Gasteiger partial charge in [0.05, 0.1) is 0 Å². The fraction of sp³-hybridized carbons (Fsp3) is 1.00. The lowest BCUT2D eigenvalue weighted by atomic mass is 10.1. The molecule has 0 bridgehead atoms. The van der Waals surface area contributed by atoms with Gasteiger partial charge >= 0.3 is 0 Å². The van der Waals surface area contributed by atoms with Crippen LogP contribution in [0.3, 0.4) is 0 Å². The lowest BCUT2D eigenvalue weighted by Gasteiger charge is -2.25. The number of rotatable bonds is 6. The Morgan fingerprint density at radius 2 is 2.07 bits per heavy atom. The van der Waals surface area contributed by atoms with Gasteiger partial charge in [-0.05, 0) is 51.1 Å². The molecule has 0 amide bonds. The predicted octanol–water partition coefficient (Wildman–Crippen LogP) is 2.25. The van der Waals surface area contributed by atoms with Gasteiger partial charge in [-0.25, -0.2) is 0 Å². The number of likely N-dealkylation sites (N-methyl/N-ethyl adjacent to an activating group) is 1. The second-order valence-electron chi connectivity index (χ2n) is 5.19. The lowest BCUT2D eigenvalue weighted by Crippen LogP contribution is -2.42. The monoisotopic (exact) mass is 210 g/mol. The summed E-state index contributed by atoms with van der Waals surface area (Å²) in [6.07, 6.45) is 7.05. The molecular weight excluding hydrogens is 184 g/mol. The summed E-state index contributed by atoms with van der Waals surface area (Å²) in [5, 5.41) is 3.80. The molecule has 2 aliphatic rings. The van der Waals surface area contributed by atoms with Gasteiger partial charge in [0.15, 0.2) is 0 Å². The average molecular weight is 210 g/mol. The van der Waals surface area contributed by atoms with E-state index in [0.29, 0.717) is 0 Å². The number of nitrogens with zero attached hydrogens (tertiary/aromatic N) is 1. The van der Waals surface area contributed by atoms with Crippen LogP contribution in [0.5, 0.6) is 0 Å². The summed E-state index contributed by atoms with van der Waals surface area (Å²) in [4.78, 5) is 2.63. The maximum Gasteiger partial charge on any atom is 0.0221 e. The largest absolute Gasteiger partial charge is 0.312 e. The molecule has 0 aromatic heterocycles. The summed E-state index contributed by atoms with van der Waals surface area (Å²) in [5.41, 5.74) is 0. The first-order chi connectivity index (χ1) is 7.35. The van der Waals surface area contributed by atoms with E-state index in [-0.39, 0.29) is 0 Å². The molecular formula is C13H26N2. The molecule has 2 unspecified atom stereocenters. The first kappa shape index (κ1) is 11.4. The second-order valence-corrected chi connectivity index (χ2v) is 5.19. The average Bonchev–Trinajstić information content (AvgIpc) is 2.98. The Hall–Kier alpha value is -0.0800. The number of nitrogens with one attached hydrogen (secondary N) is 1. The van der Waals surface area contributed by atoms with Crippen molar-refractivity contribution in [3.05, 3.63) is 0 Å². The summed E-state index contributed by atoms with van der Waals surface area (Å²) in [5.74, 6) is 1.01. The quantitative estimate of drug-likeness (QED) is 0.723. The van der Waals surface area contributed by atoms with Gasteiger partial charge in [0.25, 0.3) is 0 Å². The van der Waals surface area contributed by atoms with Gasteiger partial charge in [0.2, 0.25) is 0 Å². The van der Waals surface area contributed by atoms with E-state index in [1.54, 1.807) is 0 Å². The minimum Gasteiger partial charge on any atom is -0.312 e. The molecule has 88 valence electrons. The SMILES string of the molecule is CCC(NCC1CCCN1CC)C1CC1. The van der Waals surface area contributed by atoms with Crippen molar-refractivity contribution in [1.82, 2.24) is 10.2 Å². The third-order valence-electron chi connectivity index (χ3n) is 4.15. The first-order valence-corrected chi connectivity index (χ1v) is 6.82. The Balaban J connectivity index is 1.71. The molecule has 1 N–H and O–H groups in total. The molecule has 0 radical (unpaired) electrons. The van der Waals surface area contributed by atoms with Crippen LogP contribution in [-0.4, -0.2) is 36.6 Å². The third-order valence-corrected chi connectivity index (χ3v) is 4.15. The van der Waals surface area contributed by atoms with E-state index in [0.717, 1.165) is 18.0 Å². The Morgan fingerprint density at radius 3 is 2.67 bits per heavy atom. The van der Waals surface area contributed by atoms with Crippen molar-refractivity contribution in [2.45, 2.75) is 58.0 Å². The van der Waals surface area contributed by atoms with Gasteiger partial charge in [-0.2, -0.15) is 0 Å². The summed E-state index contributed by atoms with van der Waals surface area (Å²) in [7, 11) is 0. The lowest BCUT2D eigenvalue weighted by molar-refractivity contribution is 0.249. The first-order valence-electron chi connectivity index (χ1n) is 6.82. The smallest absolute Gasteiger partial charge is 0.0221 e. The highest BCUT2D eigenvalue weighted by molar-refractivity contribution is 4.88. The van der Waals surface area contributed by atoms with Crippen LogP contribution in [0.15, 0.2) is 0 Å². The zero-order chi connectivity index (χ0) is 10.7. The van der Waals surface area contributed by atoms with Gasteiger partial charge in [-0.3, -0.25) is 4.90 Å². The van der Waals surface area contributed by atoms with Crippen molar-refractivity contribution >= 4 is 0 Å². The Bertz CT molecular complexity index is 189. The van der Waals surface area contributed by atoms with Gasteiger partial charge in [-0.1, -0.05) is 13.8 Å². The van der Waals surface area contributed by atoms with Crippen LogP contribution in [0.25, 0.3) is 0 Å². The summed E-state index contributed by atoms with van der Waals surface area (Å²) in [6, 6.07) is 1.63. The zero-order valence-electron chi connectivity index (χ0n) is 10.3. The van der Waals surface area contributed by atoms with Crippen molar-refractivity contribution < 1.29 is 0 Å². The van der Waals surface area contributed by atoms with E-state index >= 15 is 0 Å². The van der Waals surface area contributed by atoms with Crippen LogP contribution in [0, 0.1) is 5.92 Å². The van der Waals surface area contributed by atoms with Crippen LogP contribution in [0.1, 0.15) is 46.0 Å². The molecule has 2 fully saturated rings. The van der Waals surface area contributed by atoms with Gasteiger partial charge in [-0.15, -0.1) is 0 Å². The van der Waals surface area contributed by atoms with E-state index < -0.39 is 0 Å². The number of hydrogen-bond donors (Lipinski definition) is 1. The molecule has 1 heterocycles. The summed E-state index contributed by atoms with van der Waals surface area (Å²) >= 11 is 0. The second kappa shape index (κ2) is 5.31. The molecule has 2 heteroatoms. The third kappa shape index (κ3) is 2.94. The van der Waals surface area contributed by atoms with E-state index in [1.165, 1.54) is 51.7 Å². The van der Waals surface area contributed by atoms with E-state index in [4.69, 9.17) is 0 Å². The molecule has 2 rings (SSSR count).